The number of ketones is 1. The van der Waals surface area contributed by atoms with Crippen LogP contribution in [0.4, 0.5) is 17.6 Å². The normalized spacial score (nSPS) is 52.6. The Balaban J connectivity index is 0.944. The summed E-state index contributed by atoms with van der Waals surface area (Å²) in [6.07, 6.45) is 10.2. The van der Waals surface area contributed by atoms with Gasteiger partial charge in [0.25, 0.3) is 0 Å². The maximum Gasteiger partial charge on any atom is 0.335 e. The Hall–Kier alpha value is -0.770. The molecule has 0 N–H and O–H groups in total. The van der Waals surface area contributed by atoms with E-state index in [1.807, 2.05) is 0 Å². The van der Waals surface area contributed by atoms with Gasteiger partial charge in [-0.3, -0.25) is 4.79 Å². The highest BCUT2D eigenvalue weighted by Gasteiger charge is 2.70. The number of alkyl halides is 4. The molecule has 3 atom stereocenters. The molecule has 2 heterocycles. The summed E-state index contributed by atoms with van der Waals surface area (Å²) < 4.78 is 80.7. The number of hydrogen-bond donors (Lipinski definition) is 0. The minimum absolute atomic E-state index is 0.0743. The zero-order valence-corrected chi connectivity index (χ0v) is 21.8. The van der Waals surface area contributed by atoms with Gasteiger partial charge >= 0.3 is 11.8 Å². The van der Waals surface area contributed by atoms with Crippen LogP contribution in [-0.2, 0) is 23.7 Å². The molecule has 10 rings (SSSR count). The van der Waals surface area contributed by atoms with Crippen molar-refractivity contribution in [3.05, 3.63) is 0 Å². The molecule has 0 aromatic heterocycles. The molecule has 2 spiro atoms. The van der Waals surface area contributed by atoms with Gasteiger partial charge in [-0.05, 0) is 88.4 Å². The first-order valence-corrected chi connectivity index (χ1v) is 14.9. The zero-order valence-electron chi connectivity index (χ0n) is 21.8. The van der Waals surface area contributed by atoms with Gasteiger partial charge < -0.3 is 18.9 Å². The van der Waals surface area contributed by atoms with E-state index in [1.165, 1.54) is 32.1 Å². The Kier molecular flexibility index (Phi) is 5.22. The minimum atomic E-state index is -4.27. The number of hydrogen-bond acceptors (Lipinski definition) is 5. The molecular weight excluding hydrogens is 504 g/mol. The standard InChI is InChI=1S/C29H38F4O5/c30-26(31)14-36-28(37-15-27(26,32)33)21-8-18-9-22(28)12-25(10-18,11-21)24(34)2-1-23-13-35-29(38-23)19-4-16-3-17(6-19)7-20(29)5-16/h16-23H,1-15H2. The molecule has 38 heavy (non-hydrogen) atoms. The fourth-order valence-electron chi connectivity index (χ4n) is 10.9. The van der Waals surface area contributed by atoms with Crippen LogP contribution >= 0.6 is 0 Å². The monoisotopic (exact) mass is 542 g/mol. The molecule has 9 heteroatoms. The molecular formula is C29H38F4O5. The Morgan fingerprint density at radius 1 is 0.658 bits per heavy atom. The smallest absolute Gasteiger partial charge is 0.335 e. The quantitative estimate of drug-likeness (QED) is 0.424. The van der Waals surface area contributed by atoms with Crippen LogP contribution in [0.5, 0.6) is 0 Å². The SMILES string of the molecule is O=C(CCC1COC2(O1)C1CC3CC(C1)CC2C3)C12CC3CC(C1)C1(OCC(F)(F)C(F)(F)CO1)C(C3)C2. The Labute approximate surface area is 220 Å². The molecule has 10 fully saturated rings. The van der Waals surface area contributed by atoms with Crippen LogP contribution in [-0.4, -0.2) is 55.1 Å². The predicted molar refractivity (Wildman–Crippen MR) is 125 cm³/mol. The van der Waals surface area contributed by atoms with Crippen LogP contribution < -0.4 is 0 Å². The van der Waals surface area contributed by atoms with E-state index in [1.54, 1.807) is 0 Å². The van der Waals surface area contributed by atoms with Crippen LogP contribution in [0.3, 0.4) is 0 Å². The van der Waals surface area contributed by atoms with E-state index in [0.29, 0.717) is 57.0 Å². The summed E-state index contributed by atoms with van der Waals surface area (Å²) in [4.78, 5) is 13.8. The van der Waals surface area contributed by atoms with Crippen molar-refractivity contribution in [2.45, 2.75) is 107 Å². The number of carbonyl (C=O) groups is 1. The van der Waals surface area contributed by atoms with E-state index < -0.39 is 42.0 Å². The molecule has 212 valence electrons. The molecule has 5 nitrogen and oxygen atoms in total. The molecule has 8 bridgehead atoms. The third-order valence-electron chi connectivity index (χ3n) is 12.2. The van der Waals surface area contributed by atoms with Crippen LogP contribution in [0.1, 0.15) is 77.0 Å². The molecule has 0 amide bonds. The summed E-state index contributed by atoms with van der Waals surface area (Å²) in [6, 6.07) is 0. The summed E-state index contributed by atoms with van der Waals surface area (Å²) in [5.41, 5.74) is -0.536. The lowest BCUT2D eigenvalue weighted by molar-refractivity contribution is -0.344. The minimum Gasteiger partial charge on any atom is -0.347 e. The van der Waals surface area contributed by atoms with Gasteiger partial charge in [0.05, 0.1) is 12.7 Å². The van der Waals surface area contributed by atoms with Crippen molar-refractivity contribution in [2.24, 2.45) is 46.8 Å². The molecule has 2 saturated heterocycles. The van der Waals surface area contributed by atoms with Gasteiger partial charge in [0.1, 0.15) is 19.0 Å². The maximum atomic E-state index is 14.1. The van der Waals surface area contributed by atoms with Gasteiger partial charge in [0.2, 0.25) is 0 Å². The third kappa shape index (κ3) is 3.34. The van der Waals surface area contributed by atoms with Gasteiger partial charge in [0, 0.05) is 35.5 Å². The second kappa shape index (κ2) is 7.95. The number of Topliss-reactive ketones (excluding diaryl/α,β-unsaturated/α-hetero) is 1. The Morgan fingerprint density at radius 3 is 1.79 bits per heavy atom. The second-order valence-electron chi connectivity index (χ2n) is 14.4. The molecule has 3 unspecified atom stereocenters. The van der Waals surface area contributed by atoms with Crippen molar-refractivity contribution in [1.82, 2.24) is 0 Å². The fraction of sp³-hybridized carbons (Fsp3) is 0.966. The van der Waals surface area contributed by atoms with Gasteiger partial charge in [-0.15, -0.1) is 0 Å². The first kappa shape index (κ1) is 25.0. The van der Waals surface area contributed by atoms with Crippen molar-refractivity contribution in [2.75, 3.05) is 19.8 Å². The van der Waals surface area contributed by atoms with E-state index in [-0.39, 0.29) is 29.6 Å². The topological polar surface area (TPSA) is 54.0 Å². The van der Waals surface area contributed by atoms with Gasteiger partial charge in [-0.25, -0.2) is 0 Å². The molecule has 0 aromatic carbocycles. The third-order valence-corrected chi connectivity index (χ3v) is 12.2. The fourth-order valence-corrected chi connectivity index (χ4v) is 10.9. The summed E-state index contributed by atoms with van der Waals surface area (Å²) in [6.45, 7) is -2.14. The average molecular weight is 543 g/mol. The van der Waals surface area contributed by atoms with E-state index in [2.05, 4.69) is 0 Å². The summed E-state index contributed by atoms with van der Waals surface area (Å²) >= 11 is 0. The second-order valence-corrected chi connectivity index (χ2v) is 14.4. The molecule has 2 aliphatic heterocycles. The summed E-state index contributed by atoms with van der Waals surface area (Å²) in [5, 5.41) is 0. The number of halogens is 4. The lowest BCUT2D eigenvalue weighted by Gasteiger charge is -2.63. The van der Waals surface area contributed by atoms with Crippen LogP contribution in [0.25, 0.3) is 0 Å². The molecule has 10 aliphatic rings. The van der Waals surface area contributed by atoms with Crippen molar-refractivity contribution in [3.8, 4) is 0 Å². The van der Waals surface area contributed by atoms with E-state index in [4.69, 9.17) is 18.9 Å². The van der Waals surface area contributed by atoms with E-state index in [9.17, 15) is 22.4 Å². The number of rotatable bonds is 4. The van der Waals surface area contributed by atoms with Crippen LogP contribution in [0.15, 0.2) is 0 Å². The van der Waals surface area contributed by atoms with Gasteiger partial charge in [0.15, 0.2) is 11.6 Å². The lowest BCUT2D eigenvalue weighted by atomic mass is 9.46. The number of carbonyl (C=O) groups excluding carboxylic acids is 1. The van der Waals surface area contributed by atoms with Gasteiger partial charge in [-0.1, -0.05) is 0 Å². The van der Waals surface area contributed by atoms with Crippen molar-refractivity contribution in [3.63, 3.8) is 0 Å². The molecule has 8 aliphatic carbocycles. The molecule has 0 radical (unpaired) electrons. The van der Waals surface area contributed by atoms with Crippen molar-refractivity contribution >= 4 is 5.78 Å². The van der Waals surface area contributed by atoms with Crippen LogP contribution in [0, 0.1) is 46.8 Å². The van der Waals surface area contributed by atoms with E-state index in [0.717, 1.165) is 18.3 Å². The first-order chi connectivity index (χ1) is 18.0. The summed E-state index contributed by atoms with van der Waals surface area (Å²) in [7, 11) is 0. The molecule has 8 saturated carbocycles. The van der Waals surface area contributed by atoms with Crippen molar-refractivity contribution < 1.29 is 41.3 Å². The van der Waals surface area contributed by atoms with Crippen LogP contribution in [0.2, 0.25) is 0 Å². The molecule has 0 aromatic rings. The highest BCUT2D eigenvalue weighted by Crippen LogP contribution is 2.67. The van der Waals surface area contributed by atoms with Crippen molar-refractivity contribution in [1.29, 1.82) is 0 Å². The Bertz CT molecular complexity index is 951. The first-order valence-electron chi connectivity index (χ1n) is 14.9. The maximum absolute atomic E-state index is 14.1. The lowest BCUT2D eigenvalue weighted by Crippen LogP contribution is -2.65. The summed E-state index contributed by atoms with van der Waals surface area (Å²) in [5.74, 6) is -7.93. The highest BCUT2D eigenvalue weighted by molar-refractivity contribution is 5.85. The predicted octanol–water partition coefficient (Wildman–Crippen LogP) is 5.74. The Morgan fingerprint density at radius 2 is 1.21 bits per heavy atom. The average Bonchev–Trinajstić information content (AvgIpc) is 3.26. The highest BCUT2D eigenvalue weighted by atomic mass is 19.3. The number of ether oxygens (including phenoxy) is 4. The van der Waals surface area contributed by atoms with Gasteiger partial charge in [-0.2, -0.15) is 17.6 Å². The van der Waals surface area contributed by atoms with E-state index >= 15 is 0 Å². The zero-order chi connectivity index (χ0) is 26.1. The largest absolute Gasteiger partial charge is 0.347 e.